The number of fused-ring (bicyclic) bond motifs is 1. The fourth-order valence-electron chi connectivity index (χ4n) is 1.99. The highest BCUT2D eigenvalue weighted by molar-refractivity contribution is 6.30. The van der Waals surface area contributed by atoms with Crippen LogP contribution in [0.3, 0.4) is 0 Å². The SMILES string of the molecule is O=C(/C=C/c1ccc(Cl)cc1)OCc1cn2ccccc2n1. The third-order valence-corrected chi connectivity index (χ3v) is 3.31. The molecule has 0 unspecified atom stereocenters. The highest BCUT2D eigenvalue weighted by Gasteiger charge is 2.03. The van der Waals surface area contributed by atoms with Crippen LogP contribution >= 0.6 is 11.6 Å². The summed E-state index contributed by atoms with van der Waals surface area (Å²) >= 11 is 5.80. The number of benzene rings is 1. The number of carbonyl (C=O) groups excluding carboxylic acids is 1. The number of rotatable bonds is 4. The Bertz CT molecular complexity index is 789. The molecule has 4 nitrogen and oxygen atoms in total. The summed E-state index contributed by atoms with van der Waals surface area (Å²) < 4.78 is 7.06. The fourth-order valence-corrected chi connectivity index (χ4v) is 2.11. The summed E-state index contributed by atoms with van der Waals surface area (Å²) in [6.45, 7) is 0.144. The van der Waals surface area contributed by atoms with Gasteiger partial charge in [-0.05, 0) is 35.9 Å². The van der Waals surface area contributed by atoms with E-state index in [4.69, 9.17) is 16.3 Å². The van der Waals surface area contributed by atoms with E-state index >= 15 is 0 Å². The van der Waals surface area contributed by atoms with Crippen molar-refractivity contribution in [3.8, 4) is 0 Å². The Morgan fingerprint density at radius 1 is 1.23 bits per heavy atom. The van der Waals surface area contributed by atoms with Crippen LogP contribution in [-0.4, -0.2) is 15.4 Å². The summed E-state index contributed by atoms with van der Waals surface area (Å²) in [6, 6.07) is 12.9. The first-order chi connectivity index (χ1) is 10.7. The molecule has 2 heterocycles. The van der Waals surface area contributed by atoms with Gasteiger partial charge < -0.3 is 9.14 Å². The van der Waals surface area contributed by atoms with Gasteiger partial charge in [-0.3, -0.25) is 0 Å². The van der Waals surface area contributed by atoms with Crippen LogP contribution in [0.1, 0.15) is 11.3 Å². The van der Waals surface area contributed by atoms with E-state index < -0.39 is 5.97 Å². The van der Waals surface area contributed by atoms with E-state index in [-0.39, 0.29) is 6.61 Å². The van der Waals surface area contributed by atoms with Gasteiger partial charge in [0.1, 0.15) is 12.3 Å². The number of aromatic nitrogens is 2. The molecule has 0 aliphatic rings. The van der Waals surface area contributed by atoms with Crippen LogP contribution in [0.15, 0.2) is 60.9 Å². The van der Waals surface area contributed by atoms with E-state index in [9.17, 15) is 4.79 Å². The molecular formula is C17H13ClN2O2. The molecule has 0 fully saturated rings. The zero-order valence-electron chi connectivity index (χ0n) is 11.6. The van der Waals surface area contributed by atoms with Crippen molar-refractivity contribution in [3.63, 3.8) is 0 Å². The molecular weight excluding hydrogens is 300 g/mol. The van der Waals surface area contributed by atoms with Gasteiger partial charge in [-0.15, -0.1) is 0 Å². The zero-order valence-corrected chi connectivity index (χ0v) is 12.4. The number of halogens is 1. The number of hydrogen-bond donors (Lipinski definition) is 0. The van der Waals surface area contributed by atoms with Crippen molar-refractivity contribution in [2.24, 2.45) is 0 Å². The lowest BCUT2D eigenvalue weighted by atomic mass is 10.2. The van der Waals surface area contributed by atoms with Gasteiger partial charge in [-0.1, -0.05) is 29.8 Å². The van der Waals surface area contributed by atoms with Gasteiger partial charge in [0.05, 0.1) is 5.69 Å². The van der Waals surface area contributed by atoms with Gasteiger partial charge >= 0.3 is 5.97 Å². The lowest BCUT2D eigenvalue weighted by Crippen LogP contribution is -2.00. The van der Waals surface area contributed by atoms with Crippen molar-refractivity contribution in [1.82, 2.24) is 9.38 Å². The van der Waals surface area contributed by atoms with Gasteiger partial charge in [0.2, 0.25) is 0 Å². The molecule has 110 valence electrons. The second kappa shape index (κ2) is 6.45. The van der Waals surface area contributed by atoms with Gasteiger partial charge in [0.15, 0.2) is 0 Å². The van der Waals surface area contributed by atoms with Crippen molar-refractivity contribution in [1.29, 1.82) is 0 Å². The van der Waals surface area contributed by atoms with Crippen molar-refractivity contribution in [2.75, 3.05) is 0 Å². The van der Waals surface area contributed by atoms with Crippen LogP contribution in [0.2, 0.25) is 5.02 Å². The normalized spacial score (nSPS) is 11.1. The number of pyridine rings is 1. The van der Waals surface area contributed by atoms with Crippen LogP contribution in [-0.2, 0) is 16.1 Å². The summed E-state index contributed by atoms with van der Waals surface area (Å²) in [4.78, 5) is 16.1. The predicted molar refractivity (Wildman–Crippen MR) is 85.5 cm³/mol. The first kappa shape index (κ1) is 14.4. The largest absolute Gasteiger partial charge is 0.456 e. The number of hydrogen-bond acceptors (Lipinski definition) is 3. The molecule has 0 spiro atoms. The van der Waals surface area contributed by atoms with Gasteiger partial charge in [0.25, 0.3) is 0 Å². The topological polar surface area (TPSA) is 43.6 Å². The summed E-state index contributed by atoms with van der Waals surface area (Å²) in [7, 11) is 0. The second-order valence-corrected chi connectivity index (χ2v) is 5.13. The van der Waals surface area contributed by atoms with Gasteiger partial charge in [-0.2, -0.15) is 0 Å². The molecule has 0 bridgehead atoms. The quantitative estimate of drug-likeness (QED) is 0.544. The van der Waals surface area contributed by atoms with Crippen molar-refractivity contribution >= 4 is 29.3 Å². The Balaban J connectivity index is 1.58. The van der Waals surface area contributed by atoms with E-state index in [0.29, 0.717) is 10.7 Å². The summed E-state index contributed by atoms with van der Waals surface area (Å²) in [5, 5.41) is 0.659. The maximum atomic E-state index is 11.7. The summed E-state index contributed by atoms with van der Waals surface area (Å²) in [6.07, 6.45) is 6.81. The first-order valence-electron chi connectivity index (χ1n) is 6.74. The number of imidazole rings is 1. The molecule has 1 aromatic carbocycles. The lowest BCUT2D eigenvalue weighted by molar-refractivity contribution is -0.139. The minimum atomic E-state index is -0.410. The minimum absolute atomic E-state index is 0.144. The molecule has 0 aliphatic carbocycles. The molecule has 5 heteroatoms. The molecule has 0 amide bonds. The molecule has 3 rings (SSSR count). The standard InChI is InChI=1S/C17H13ClN2O2/c18-14-7-4-13(5-8-14)6-9-17(21)22-12-15-11-20-10-2-1-3-16(20)19-15/h1-11H,12H2/b9-6+. The van der Waals surface area contributed by atoms with E-state index in [2.05, 4.69) is 4.98 Å². The number of carbonyl (C=O) groups is 1. The summed E-state index contributed by atoms with van der Waals surface area (Å²) in [5.74, 6) is -0.410. The molecule has 2 aromatic heterocycles. The third kappa shape index (κ3) is 3.54. The molecule has 0 saturated carbocycles. The first-order valence-corrected chi connectivity index (χ1v) is 7.11. The van der Waals surface area contributed by atoms with Crippen molar-refractivity contribution < 1.29 is 9.53 Å². The van der Waals surface area contributed by atoms with E-state index in [1.807, 2.05) is 47.1 Å². The van der Waals surface area contributed by atoms with Crippen LogP contribution < -0.4 is 0 Å². The molecule has 0 N–H and O–H groups in total. The Morgan fingerprint density at radius 3 is 2.82 bits per heavy atom. The Labute approximate surface area is 132 Å². The average Bonchev–Trinajstić information content (AvgIpc) is 2.95. The molecule has 3 aromatic rings. The molecule has 0 atom stereocenters. The Hall–Kier alpha value is -2.59. The van der Waals surface area contributed by atoms with Crippen LogP contribution in [0, 0.1) is 0 Å². The van der Waals surface area contributed by atoms with Crippen LogP contribution in [0.5, 0.6) is 0 Å². The second-order valence-electron chi connectivity index (χ2n) is 4.69. The van der Waals surface area contributed by atoms with Crippen LogP contribution in [0.25, 0.3) is 11.7 Å². The Morgan fingerprint density at radius 2 is 2.05 bits per heavy atom. The average molecular weight is 313 g/mol. The maximum absolute atomic E-state index is 11.7. The number of esters is 1. The van der Waals surface area contributed by atoms with Gasteiger partial charge in [0, 0.05) is 23.5 Å². The highest BCUT2D eigenvalue weighted by atomic mass is 35.5. The van der Waals surface area contributed by atoms with Gasteiger partial charge in [-0.25, -0.2) is 9.78 Å². The van der Waals surface area contributed by atoms with E-state index in [0.717, 1.165) is 11.2 Å². The smallest absolute Gasteiger partial charge is 0.331 e. The lowest BCUT2D eigenvalue weighted by Gasteiger charge is -1.98. The molecule has 22 heavy (non-hydrogen) atoms. The van der Waals surface area contributed by atoms with Crippen LogP contribution in [0.4, 0.5) is 0 Å². The molecule has 0 saturated heterocycles. The maximum Gasteiger partial charge on any atom is 0.331 e. The number of nitrogens with zero attached hydrogens (tertiary/aromatic N) is 2. The number of ether oxygens (including phenoxy) is 1. The Kier molecular flexibility index (Phi) is 4.21. The van der Waals surface area contributed by atoms with Crippen molar-refractivity contribution in [3.05, 3.63) is 77.2 Å². The predicted octanol–water partition coefficient (Wildman–Crippen LogP) is 3.74. The van der Waals surface area contributed by atoms with E-state index in [1.54, 1.807) is 18.2 Å². The van der Waals surface area contributed by atoms with Crippen molar-refractivity contribution in [2.45, 2.75) is 6.61 Å². The third-order valence-electron chi connectivity index (χ3n) is 3.06. The highest BCUT2D eigenvalue weighted by Crippen LogP contribution is 2.11. The van der Waals surface area contributed by atoms with E-state index in [1.165, 1.54) is 6.08 Å². The summed E-state index contributed by atoms with van der Waals surface area (Å²) in [5.41, 5.74) is 2.42. The fraction of sp³-hybridized carbons (Fsp3) is 0.0588. The monoisotopic (exact) mass is 312 g/mol. The minimum Gasteiger partial charge on any atom is -0.456 e. The molecule has 0 aliphatic heterocycles. The zero-order chi connectivity index (χ0) is 15.4. The molecule has 0 radical (unpaired) electrons.